The Bertz CT molecular complexity index is 1330. The predicted octanol–water partition coefficient (Wildman–Crippen LogP) is 5.16. The van der Waals surface area contributed by atoms with Gasteiger partial charge in [0, 0.05) is 47.8 Å². The van der Waals surface area contributed by atoms with Crippen LogP contribution < -0.4 is 5.73 Å². The molecule has 5 rings (SSSR count). The predicted molar refractivity (Wildman–Crippen MR) is 209 cm³/mol. The zero-order valence-corrected chi connectivity index (χ0v) is 36.3. The highest BCUT2D eigenvalue weighted by Gasteiger charge is 2.60. The Labute approximate surface area is 344 Å². The first-order valence-corrected chi connectivity index (χ1v) is 21.3. The molecule has 2 N–H and O–H groups in total. The van der Waals surface area contributed by atoms with E-state index in [1.165, 1.54) is 34.6 Å². The van der Waals surface area contributed by atoms with E-state index >= 15 is 0 Å². The van der Waals surface area contributed by atoms with E-state index in [0.29, 0.717) is 19.4 Å². The lowest BCUT2D eigenvalue weighted by Gasteiger charge is -2.53. The molecule has 5 saturated heterocycles. The van der Waals surface area contributed by atoms with Crippen molar-refractivity contribution in [1.82, 2.24) is 0 Å². The van der Waals surface area contributed by atoms with E-state index in [9.17, 15) is 24.0 Å². The van der Waals surface area contributed by atoms with Crippen molar-refractivity contribution < 1.29 is 71.3 Å². The Balaban J connectivity index is 2.24. The van der Waals surface area contributed by atoms with E-state index in [1.54, 1.807) is 6.92 Å². The van der Waals surface area contributed by atoms with E-state index in [1.807, 2.05) is 13.8 Å². The first kappa shape index (κ1) is 49.5. The Hall–Kier alpha value is -2.89. The summed E-state index contributed by atoms with van der Waals surface area (Å²) in [6.45, 7) is 13.7. The summed E-state index contributed by atoms with van der Waals surface area (Å²) in [5.41, 5.74) is 4.14. The summed E-state index contributed by atoms with van der Waals surface area (Å²) in [6.07, 6.45) is -0.365. The fourth-order valence-electron chi connectivity index (χ4n) is 8.32. The fraction of sp³-hybridized carbons (Fsp3) is 0.881. The van der Waals surface area contributed by atoms with Crippen molar-refractivity contribution in [2.75, 3.05) is 19.8 Å². The number of fused-ring (bicyclic) bond motifs is 2. The molecule has 16 nitrogen and oxygen atoms in total. The van der Waals surface area contributed by atoms with Crippen molar-refractivity contribution in [3.63, 3.8) is 0 Å². The second kappa shape index (κ2) is 23.8. The minimum absolute atomic E-state index is 0.120. The molecule has 12 atom stereocenters. The second-order valence-corrected chi connectivity index (χ2v) is 16.3. The van der Waals surface area contributed by atoms with Gasteiger partial charge in [0.1, 0.15) is 37.1 Å². The van der Waals surface area contributed by atoms with E-state index in [-0.39, 0.29) is 19.6 Å². The van der Waals surface area contributed by atoms with Crippen molar-refractivity contribution in [1.29, 1.82) is 0 Å². The van der Waals surface area contributed by atoms with E-state index < -0.39 is 102 Å². The van der Waals surface area contributed by atoms with Crippen LogP contribution in [0.1, 0.15) is 146 Å². The summed E-state index contributed by atoms with van der Waals surface area (Å²) in [5.74, 6) is -3.28. The number of nitrogens with two attached hydrogens (primary N) is 1. The van der Waals surface area contributed by atoms with Crippen molar-refractivity contribution >= 4 is 29.8 Å². The molecular formula is C42H71NO15. The number of carbonyl (C=O) groups excluding carboxylic acids is 5. The van der Waals surface area contributed by atoms with Gasteiger partial charge in [0.25, 0.3) is 0 Å². The summed E-state index contributed by atoms with van der Waals surface area (Å²) in [7, 11) is 0. The van der Waals surface area contributed by atoms with Gasteiger partial charge < -0.3 is 53.1 Å². The van der Waals surface area contributed by atoms with Gasteiger partial charge in [0.05, 0.1) is 11.2 Å². The third kappa shape index (κ3) is 14.7. The normalized spacial score (nSPS) is 35.8. The van der Waals surface area contributed by atoms with Crippen molar-refractivity contribution in [3.05, 3.63) is 0 Å². The third-order valence-corrected chi connectivity index (χ3v) is 11.2. The van der Waals surface area contributed by atoms with Gasteiger partial charge in [-0.3, -0.25) is 24.0 Å². The number of carbonyl (C=O) groups is 5. The first-order valence-electron chi connectivity index (χ1n) is 21.3. The molecule has 4 bridgehead atoms. The molecule has 0 radical (unpaired) electrons. The van der Waals surface area contributed by atoms with E-state index in [2.05, 4.69) is 6.92 Å². The highest BCUT2D eigenvalue weighted by molar-refractivity contribution is 5.68. The van der Waals surface area contributed by atoms with Gasteiger partial charge in [0.2, 0.25) is 0 Å². The van der Waals surface area contributed by atoms with Gasteiger partial charge in [0.15, 0.2) is 30.7 Å². The Morgan fingerprint density at radius 1 is 0.621 bits per heavy atom. The Morgan fingerprint density at radius 3 is 1.64 bits per heavy atom. The van der Waals surface area contributed by atoms with Gasteiger partial charge >= 0.3 is 29.8 Å². The number of esters is 5. The van der Waals surface area contributed by atoms with Crippen LogP contribution in [0.15, 0.2) is 0 Å². The lowest BCUT2D eigenvalue weighted by Crippen LogP contribution is -2.70. The molecule has 0 aliphatic carbocycles. The van der Waals surface area contributed by atoms with E-state index in [0.717, 1.165) is 64.2 Å². The molecule has 0 aromatic carbocycles. The smallest absolute Gasteiger partial charge is 0.303 e. The number of ether oxygens (including phenoxy) is 10. The summed E-state index contributed by atoms with van der Waals surface area (Å²) in [5, 5.41) is 0. The quantitative estimate of drug-likeness (QED) is 0.223. The molecule has 5 aliphatic heterocycles. The van der Waals surface area contributed by atoms with E-state index in [4.69, 9.17) is 53.1 Å². The third-order valence-electron chi connectivity index (χ3n) is 11.2. The minimum atomic E-state index is -1.47. The maximum atomic E-state index is 13.0. The summed E-state index contributed by atoms with van der Waals surface area (Å²) in [4.78, 5) is 63.5. The summed E-state index contributed by atoms with van der Waals surface area (Å²) in [6, 6.07) is 0. The van der Waals surface area contributed by atoms with Crippen LogP contribution in [0.4, 0.5) is 0 Å². The molecule has 58 heavy (non-hydrogen) atoms. The van der Waals surface area contributed by atoms with Crippen LogP contribution in [0.5, 0.6) is 0 Å². The van der Waals surface area contributed by atoms with Crippen LogP contribution in [0.2, 0.25) is 0 Å². The Kier molecular flexibility index (Phi) is 20.3. The van der Waals surface area contributed by atoms with Crippen molar-refractivity contribution in [2.24, 2.45) is 5.73 Å². The average Bonchev–Trinajstić information content (AvgIpc) is 3.13. The Morgan fingerprint density at radius 2 is 1.12 bits per heavy atom. The molecule has 0 saturated carbocycles. The fourth-order valence-corrected chi connectivity index (χ4v) is 8.32. The number of hydrogen-bond acceptors (Lipinski definition) is 16. The second-order valence-electron chi connectivity index (χ2n) is 16.3. The maximum Gasteiger partial charge on any atom is 0.303 e. The molecule has 16 heteroatoms. The van der Waals surface area contributed by atoms with Gasteiger partial charge in [-0.05, 0) is 39.5 Å². The van der Waals surface area contributed by atoms with Crippen LogP contribution >= 0.6 is 0 Å². The van der Waals surface area contributed by atoms with Crippen molar-refractivity contribution in [3.8, 4) is 0 Å². The minimum Gasteiger partial charge on any atom is -0.463 e. The number of hydrogen-bond donors (Lipinski definition) is 1. The first-order chi connectivity index (χ1) is 27.5. The molecule has 0 aromatic rings. The van der Waals surface area contributed by atoms with Crippen LogP contribution in [0.3, 0.4) is 0 Å². The standard InChI is InChI=1S/C42H71NO15/c1-10-21-41(8)22-19-17-15-13-12-14-16-18-20-23-49-40-38(54-30(7)48)36(52-28(5)46)33(31(24-43)56-40)58-42(9,11-2)39-37(53-29(6)47)35(51-27(4)45)34(57-41)32(55-39)25-50-26(3)44/h31-40H,10-25,43H2,1-9H3/t31?,32?,33-,34-,35?,36?,37?,38?,39-,40+,41?,42?/m1/s1. The number of rotatable bonds is 10. The molecule has 334 valence electrons. The largest absolute Gasteiger partial charge is 0.463 e. The molecule has 0 spiro atoms. The maximum absolute atomic E-state index is 13.0. The van der Waals surface area contributed by atoms with Crippen molar-refractivity contribution in [2.45, 2.75) is 218 Å². The topological polar surface area (TPSA) is 204 Å². The molecule has 5 aliphatic rings. The molecule has 5 fully saturated rings. The molecule has 8 unspecified atom stereocenters. The van der Waals surface area contributed by atoms with Crippen LogP contribution in [0, 0.1) is 0 Å². The molecule has 0 amide bonds. The van der Waals surface area contributed by atoms with Crippen LogP contribution in [-0.2, 0) is 71.3 Å². The van der Waals surface area contributed by atoms with Crippen LogP contribution in [0.25, 0.3) is 0 Å². The highest BCUT2D eigenvalue weighted by Crippen LogP contribution is 2.42. The van der Waals surface area contributed by atoms with Gasteiger partial charge in [-0.2, -0.15) is 0 Å². The lowest BCUT2D eigenvalue weighted by molar-refractivity contribution is -0.341. The molecular weight excluding hydrogens is 758 g/mol. The van der Waals surface area contributed by atoms with Crippen LogP contribution in [-0.4, -0.2) is 122 Å². The summed E-state index contributed by atoms with van der Waals surface area (Å²) < 4.78 is 62.5. The zero-order valence-electron chi connectivity index (χ0n) is 36.3. The zero-order chi connectivity index (χ0) is 43.0. The monoisotopic (exact) mass is 829 g/mol. The molecule has 0 aromatic heterocycles. The SMILES string of the molecule is CCCC1(C)CCCCCCCCCCCO[C@H]2OC(CN)[C@@H](OC(C)(CC)[C@@H]3OC(COC(C)=O)[C@@H](O1)C(OC(C)=O)C3OC(C)=O)C(OC(C)=O)C2OC(C)=O. The van der Waals surface area contributed by atoms with Gasteiger partial charge in [-0.15, -0.1) is 0 Å². The van der Waals surface area contributed by atoms with Gasteiger partial charge in [-0.25, -0.2) is 0 Å². The lowest BCUT2D eigenvalue weighted by atomic mass is 9.82. The van der Waals surface area contributed by atoms with Gasteiger partial charge in [-0.1, -0.05) is 71.6 Å². The summed E-state index contributed by atoms with van der Waals surface area (Å²) >= 11 is 0. The average molecular weight is 830 g/mol. The highest BCUT2D eigenvalue weighted by atomic mass is 16.7. The molecule has 5 heterocycles.